The average Bonchev–Trinajstić information content (AvgIpc) is 3.27. The van der Waals surface area contributed by atoms with E-state index in [0.717, 1.165) is 56.2 Å². The van der Waals surface area contributed by atoms with E-state index in [1.807, 2.05) is 33.8 Å². The van der Waals surface area contributed by atoms with Crippen LogP contribution < -0.4 is 26.6 Å². The van der Waals surface area contributed by atoms with Crippen molar-refractivity contribution in [3.05, 3.63) is 55.9 Å². The zero-order valence-electron chi connectivity index (χ0n) is 26.6. The van der Waals surface area contributed by atoms with Crippen LogP contribution in [0.5, 0.6) is 0 Å². The molecule has 4 aliphatic heterocycles. The van der Waals surface area contributed by atoms with Gasteiger partial charge in [0.25, 0.3) is 0 Å². The maximum absolute atomic E-state index is 12.5. The molecule has 0 spiro atoms. The number of carboxylic acids is 1. The summed E-state index contributed by atoms with van der Waals surface area (Å²) < 4.78 is 5.26. The van der Waals surface area contributed by atoms with Gasteiger partial charge in [0, 0.05) is 58.7 Å². The number of hydrogen-bond acceptors (Lipinski definition) is 6. The van der Waals surface area contributed by atoms with Crippen LogP contribution >= 0.6 is 0 Å². The van der Waals surface area contributed by atoms with Gasteiger partial charge in [0.15, 0.2) is 5.79 Å². The van der Waals surface area contributed by atoms with Crippen LogP contribution in [0.2, 0.25) is 0 Å². The zero-order valence-corrected chi connectivity index (χ0v) is 26.6. The summed E-state index contributed by atoms with van der Waals surface area (Å²) in [4.78, 5) is 40.1. The molecule has 0 aromatic carbocycles. The Hall–Kier alpha value is -3.47. The van der Waals surface area contributed by atoms with E-state index in [-0.39, 0.29) is 48.2 Å². The van der Waals surface area contributed by atoms with E-state index in [9.17, 15) is 24.6 Å². The first-order valence-electron chi connectivity index (χ1n) is 15.8. The Morgan fingerprint density at radius 2 is 1.73 bits per heavy atom. The van der Waals surface area contributed by atoms with E-state index >= 15 is 0 Å². The van der Waals surface area contributed by atoms with Crippen LogP contribution in [0.3, 0.4) is 0 Å². The first-order valence-corrected chi connectivity index (χ1v) is 15.8. The number of carbonyl (C=O) groups excluding carboxylic acids is 2. The van der Waals surface area contributed by atoms with E-state index in [1.54, 1.807) is 0 Å². The fourth-order valence-electron chi connectivity index (χ4n) is 7.00. The largest absolute Gasteiger partial charge is 0.481 e. The van der Waals surface area contributed by atoms with Gasteiger partial charge in [-0.15, -0.1) is 0 Å². The molecular weight excluding hydrogens is 560 g/mol. The topological polar surface area (TPSA) is 156 Å². The minimum absolute atomic E-state index is 0.00669. The zero-order chi connectivity index (χ0) is 31.9. The van der Waals surface area contributed by atoms with Gasteiger partial charge in [-0.1, -0.05) is 26.3 Å². The van der Waals surface area contributed by atoms with Crippen LogP contribution in [0.15, 0.2) is 34.1 Å². The van der Waals surface area contributed by atoms with Crippen LogP contribution in [0.25, 0.3) is 12.2 Å². The molecule has 0 radical (unpaired) electrons. The van der Waals surface area contributed by atoms with E-state index in [4.69, 9.17) is 4.74 Å². The number of aromatic amines is 1. The number of amides is 2. The molecule has 3 unspecified atom stereocenters. The highest BCUT2D eigenvalue weighted by Gasteiger charge is 2.43. The molecule has 6 atom stereocenters. The van der Waals surface area contributed by atoms with E-state index in [1.165, 1.54) is 0 Å². The van der Waals surface area contributed by atoms with Gasteiger partial charge in [-0.25, -0.2) is 0 Å². The molecule has 238 valence electrons. The summed E-state index contributed by atoms with van der Waals surface area (Å²) in [6.07, 6.45) is 9.21. The van der Waals surface area contributed by atoms with Gasteiger partial charge < -0.3 is 30.6 Å². The van der Waals surface area contributed by atoms with Gasteiger partial charge in [0.05, 0.1) is 6.04 Å². The van der Waals surface area contributed by atoms with Crippen molar-refractivity contribution in [2.45, 2.75) is 104 Å². The lowest BCUT2D eigenvalue weighted by Crippen LogP contribution is -2.33. The van der Waals surface area contributed by atoms with Crippen molar-refractivity contribution in [1.29, 1.82) is 0 Å². The number of ether oxygens (including phenoxy) is 1. The number of aromatic nitrogens is 1. The Labute approximate surface area is 258 Å². The standard InChI is InChI=1S/C34H46N4O6/c1-7-21-20(6)32(41)38-28(21)14-26-19(5)24(11-12-34(43)16-44-34)30(36-26)15-29-23(9-10-31(39)40)18(4)25(35-29)13-27-17(3)22(8-2)33(42)37-27/h13-15,20-21,26-27,30,35-36,43H,7-12,16H2,1-6H3,(H,37,42)(H,38,41)(H,39,40)/b25-13+,28-14-,29-15-/t20-,21-,26?,27?,30?,34+/m1/s1. The van der Waals surface area contributed by atoms with Crippen molar-refractivity contribution >= 4 is 29.9 Å². The minimum atomic E-state index is -1.08. The summed E-state index contributed by atoms with van der Waals surface area (Å²) >= 11 is 0. The summed E-state index contributed by atoms with van der Waals surface area (Å²) in [5.41, 5.74) is 6.89. The van der Waals surface area contributed by atoms with Crippen LogP contribution in [-0.4, -0.2) is 63.5 Å². The Kier molecular flexibility index (Phi) is 9.07. The molecule has 2 fully saturated rings. The van der Waals surface area contributed by atoms with Gasteiger partial charge >= 0.3 is 5.97 Å². The molecule has 0 aliphatic carbocycles. The fourth-order valence-corrected chi connectivity index (χ4v) is 7.00. The Morgan fingerprint density at radius 3 is 2.34 bits per heavy atom. The predicted octanol–water partition coefficient (Wildman–Crippen LogP) is 1.96. The summed E-state index contributed by atoms with van der Waals surface area (Å²) in [5, 5.41) is 31.5. The Balaban J connectivity index is 1.55. The molecule has 2 amide bonds. The van der Waals surface area contributed by atoms with E-state index in [2.05, 4.69) is 46.9 Å². The molecular formula is C34H46N4O6. The van der Waals surface area contributed by atoms with Gasteiger partial charge in [0.2, 0.25) is 11.8 Å². The van der Waals surface area contributed by atoms with E-state index < -0.39 is 11.8 Å². The molecule has 1 aromatic heterocycles. The van der Waals surface area contributed by atoms with Crippen molar-refractivity contribution in [2.24, 2.45) is 11.8 Å². The lowest BCUT2D eigenvalue weighted by molar-refractivity contribution is -0.137. The third kappa shape index (κ3) is 6.34. The maximum atomic E-state index is 12.5. The molecule has 5 rings (SSSR count). The maximum Gasteiger partial charge on any atom is 0.303 e. The quantitative estimate of drug-likeness (QED) is 0.166. The third-order valence-corrected chi connectivity index (χ3v) is 10.0. The lowest BCUT2D eigenvalue weighted by Gasteiger charge is -2.16. The number of nitrogens with one attached hydrogen (secondary N) is 4. The first kappa shape index (κ1) is 31.9. The minimum Gasteiger partial charge on any atom is -0.481 e. The highest BCUT2D eigenvalue weighted by molar-refractivity contribution is 5.98. The highest BCUT2D eigenvalue weighted by atomic mass is 16.7. The van der Waals surface area contributed by atoms with Gasteiger partial charge in [0.1, 0.15) is 6.61 Å². The first-order chi connectivity index (χ1) is 20.9. The number of hydrogen-bond donors (Lipinski definition) is 6. The second-order valence-corrected chi connectivity index (χ2v) is 12.7. The van der Waals surface area contributed by atoms with Crippen molar-refractivity contribution < 1.29 is 29.3 Å². The monoisotopic (exact) mass is 606 g/mol. The Morgan fingerprint density at radius 1 is 1.02 bits per heavy atom. The second kappa shape index (κ2) is 12.5. The van der Waals surface area contributed by atoms with Crippen molar-refractivity contribution in [3.63, 3.8) is 0 Å². The number of aliphatic hydroxyl groups is 1. The average molecular weight is 607 g/mol. The van der Waals surface area contributed by atoms with Crippen LogP contribution in [-0.2, 0) is 25.5 Å². The molecule has 5 heterocycles. The lowest BCUT2D eigenvalue weighted by atomic mass is 9.91. The number of allylic oxidation sites excluding steroid dienone is 1. The molecule has 10 heteroatoms. The SMILES string of the molecule is CCC1=C(C)C(/C=c2/[nH]/c(=C\C3NC(/C=C4\NC(=O)[C@H](C)[C@H]4CC)C(C)=C3CC[C@@]3(O)CO3)c(CCC(=O)O)c2C)NC1=O. The molecule has 0 bridgehead atoms. The molecule has 44 heavy (non-hydrogen) atoms. The number of rotatable bonds is 11. The number of epoxide rings is 1. The van der Waals surface area contributed by atoms with Crippen LogP contribution in [0.1, 0.15) is 77.8 Å². The summed E-state index contributed by atoms with van der Waals surface area (Å²) in [7, 11) is 0. The molecule has 4 aliphatic rings. The van der Waals surface area contributed by atoms with Crippen molar-refractivity contribution in [2.75, 3.05) is 6.61 Å². The molecule has 10 nitrogen and oxygen atoms in total. The summed E-state index contributed by atoms with van der Waals surface area (Å²) in [6, 6.07) is -0.542. The molecule has 1 aromatic rings. The summed E-state index contributed by atoms with van der Waals surface area (Å²) in [5.74, 6) is -1.89. The number of carboxylic acid groups (broad SMARTS) is 1. The molecule has 6 N–H and O–H groups in total. The summed E-state index contributed by atoms with van der Waals surface area (Å²) in [6.45, 7) is 12.4. The van der Waals surface area contributed by atoms with Crippen LogP contribution in [0.4, 0.5) is 0 Å². The highest BCUT2D eigenvalue weighted by Crippen LogP contribution is 2.36. The number of aliphatic carboxylic acids is 1. The Bertz CT molecular complexity index is 1580. The van der Waals surface area contributed by atoms with Gasteiger partial charge in [-0.05, 0) is 87.0 Å². The van der Waals surface area contributed by atoms with Crippen molar-refractivity contribution in [3.8, 4) is 0 Å². The van der Waals surface area contributed by atoms with Crippen molar-refractivity contribution in [1.82, 2.24) is 20.9 Å². The van der Waals surface area contributed by atoms with Gasteiger partial charge in [-0.2, -0.15) is 0 Å². The third-order valence-electron chi connectivity index (χ3n) is 10.0. The van der Waals surface area contributed by atoms with Gasteiger partial charge in [-0.3, -0.25) is 19.7 Å². The predicted molar refractivity (Wildman–Crippen MR) is 167 cm³/mol. The number of carbonyl (C=O) groups is 3. The van der Waals surface area contributed by atoms with Crippen LogP contribution in [0, 0.1) is 18.8 Å². The number of H-pyrrole nitrogens is 1. The smallest absolute Gasteiger partial charge is 0.303 e. The van der Waals surface area contributed by atoms with E-state index in [0.29, 0.717) is 32.3 Å². The molecule has 0 saturated carbocycles. The molecule has 2 saturated heterocycles. The normalized spacial score (nSPS) is 32.0. The fraction of sp³-hybridized carbons (Fsp3) is 0.559. The second-order valence-electron chi connectivity index (χ2n) is 12.7.